The van der Waals surface area contributed by atoms with Crippen LogP contribution in [0.15, 0.2) is 30.3 Å². The number of carbonyl (C=O) groups excluding carboxylic acids is 2. The van der Waals surface area contributed by atoms with Crippen LogP contribution in [0, 0.1) is 0 Å². The summed E-state index contributed by atoms with van der Waals surface area (Å²) >= 11 is 0. The van der Waals surface area contributed by atoms with E-state index in [2.05, 4.69) is 0 Å². The van der Waals surface area contributed by atoms with E-state index in [1.807, 2.05) is 11.9 Å². The van der Waals surface area contributed by atoms with Crippen LogP contribution in [0.25, 0.3) is 0 Å². The van der Waals surface area contributed by atoms with Crippen molar-refractivity contribution >= 4 is 11.7 Å². The van der Waals surface area contributed by atoms with Gasteiger partial charge in [0.05, 0.1) is 23.9 Å². The smallest absolute Gasteiger partial charge is 0.456 e. The fourth-order valence-corrected chi connectivity index (χ4v) is 5.08. The second-order valence-corrected chi connectivity index (χ2v) is 8.74. The highest BCUT2D eigenvalue weighted by Gasteiger charge is 2.48. The first kappa shape index (κ1) is 25.1. The van der Waals surface area contributed by atoms with Crippen molar-refractivity contribution in [3.8, 4) is 5.75 Å². The van der Waals surface area contributed by atoms with Crippen molar-refractivity contribution in [3.05, 3.63) is 52.8 Å². The molecule has 0 saturated carbocycles. The number of ether oxygens (including phenoxy) is 1. The Morgan fingerprint density at radius 2 is 1.60 bits per heavy atom. The first-order valence-electron chi connectivity index (χ1n) is 10.9. The van der Waals surface area contributed by atoms with Crippen molar-refractivity contribution < 1.29 is 40.7 Å². The highest BCUT2D eigenvalue weighted by Crippen LogP contribution is 2.43. The number of methoxy groups -OCH3 is 1. The van der Waals surface area contributed by atoms with Crippen LogP contribution in [-0.2, 0) is 18.3 Å². The Morgan fingerprint density at radius 3 is 2.17 bits per heavy atom. The number of amides is 1. The summed E-state index contributed by atoms with van der Waals surface area (Å²) in [7, 11) is 2.94. The SMILES string of the molecule is COc1ccc(C(=O)N2CCC3(CC2)c2ccc(C(=O)C(F)(F)F)n2CCN3C)cc1C(F)(F)F. The van der Waals surface area contributed by atoms with E-state index in [1.165, 1.54) is 27.7 Å². The van der Waals surface area contributed by atoms with Gasteiger partial charge in [0.2, 0.25) is 0 Å². The molecule has 0 aliphatic carbocycles. The van der Waals surface area contributed by atoms with Gasteiger partial charge in [0.25, 0.3) is 11.7 Å². The number of likely N-dealkylation sites (N-methyl/N-ethyl adjacent to an activating group) is 1. The van der Waals surface area contributed by atoms with E-state index in [4.69, 9.17) is 4.74 Å². The molecule has 0 bridgehead atoms. The van der Waals surface area contributed by atoms with Crippen molar-refractivity contribution in [1.82, 2.24) is 14.4 Å². The summed E-state index contributed by atoms with van der Waals surface area (Å²) in [4.78, 5) is 28.3. The van der Waals surface area contributed by atoms with Crippen molar-refractivity contribution in [2.24, 2.45) is 0 Å². The van der Waals surface area contributed by atoms with Crippen LogP contribution in [-0.4, -0.2) is 66.0 Å². The molecular formula is C23H23F6N3O3. The zero-order chi connectivity index (χ0) is 25.8. The lowest BCUT2D eigenvalue weighted by Gasteiger charge is -2.50. The molecule has 1 spiro atoms. The maximum Gasteiger partial charge on any atom is 0.456 e. The predicted molar refractivity (Wildman–Crippen MR) is 112 cm³/mol. The molecule has 35 heavy (non-hydrogen) atoms. The Labute approximate surface area is 197 Å². The number of alkyl halides is 6. The molecule has 1 aromatic carbocycles. The molecular weight excluding hydrogens is 480 g/mol. The monoisotopic (exact) mass is 503 g/mol. The average molecular weight is 503 g/mol. The molecule has 0 radical (unpaired) electrons. The molecule has 1 amide bonds. The summed E-state index contributed by atoms with van der Waals surface area (Å²) in [5.74, 6) is -2.87. The second kappa shape index (κ2) is 8.58. The molecule has 12 heteroatoms. The Morgan fingerprint density at radius 1 is 0.943 bits per heavy atom. The van der Waals surface area contributed by atoms with E-state index in [-0.39, 0.29) is 30.9 Å². The predicted octanol–water partition coefficient (Wildman–Crippen LogP) is 4.34. The Bertz CT molecular complexity index is 1150. The number of hydrogen-bond donors (Lipinski definition) is 0. The van der Waals surface area contributed by atoms with E-state index in [1.54, 1.807) is 0 Å². The van der Waals surface area contributed by atoms with E-state index in [0.717, 1.165) is 19.2 Å². The van der Waals surface area contributed by atoms with Gasteiger partial charge in [-0.2, -0.15) is 26.3 Å². The second-order valence-electron chi connectivity index (χ2n) is 8.74. The van der Waals surface area contributed by atoms with Crippen molar-refractivity contribution in [3.63, 3.8) is 0 Å². The molecule has 0 atom stereocenters. The van der Waals surface area contributed by atoms with Crippen LogP contribution in [0.3, 0.4) is 0 Å². The number of rotatable bonds is 3. The first-order chi connectivity index (χ1) is 16.3. The summed E-state index contributed by atoms with van der Waals surface area (Å²) in [6.45, 7) is 0.988. The van der Waals surface area contributed by atoms with Gasteiger partial charge in [-0.05, 0) is 50.2 Å². The van der Waals surface area contributed by atoms with Gasteiger partial charge in [-0.1, -0.05) is 0 Å². The quantitative estimate of drug-likeness (QED) is 0.462. The number of hydrogen-bond acceptors (Lipinski definition) is 4. The van der Waals surface area contributed by atoms with Gasteiger partial charge in [0.1, 0.15) is 5.75 Å². The Hall–Kier alpha value is -3.02. The molecule has 1 fully saturated rings. The number of aromatic nitrogens is 1. The normalized spacial score (nSPS) is 18.5. The van der Waals surface area contributed by atoms with Crippen molar-refractivity contribution in [2.45, 2.75) is 37.3 Å². The van der Waals surface area contributed by atoms with E-state index >= 15 is 0 Å². The first-order valence-corrected chi connectivity index (χ1v) is 10.9. The molecule has 0 N–H and O–H groups in total. The van der Waals surface area contributed by atoms with Gasteiger partial charge in [-0.25, -0.2) is 0 Å². The number of benzene rings is 1. The van der Waals surface area contributed by atoms with Crippen molar-refractivity contribution in [1.29, 1.82) is 0 Å². The van der Waals surface area contributed by atoms with Gasteiger partial charge < -0.3 is 14.2 Å². The number of likely N-dealkylation sites (tertiary alicyclic amines) is 1. The summed E-state index contributed by atoms with van der Waals surface area (Å²) in [5, 5.41) is 0. The third-order valence-electron chi connectivity index (χ3n) is 6.97. The third-order valence-corrected chi connectivity index (χ3v) is 6.97. The van der Waals surface area contributed by atoms with Crippen LogP contribution in [0.5, 0.6) is 5.75 Å². The zero-order valence-electron chi connectivity index (χ0n) is 19.0. The maximum absolute atomic E-state index is 13.4. The number of ketones is 1. The largest absolute Gasteiger partial charge is 0.496 e. The molecule has 1 saturated heterocycles. The van der Waals surface area contributed by atoms with Crippen LogP contribution in [0.1, 0.15) is 44.9 Å². The van der Waals surface area contributed by atoms with E-state index in [9.17, 15) is 35.9 Å². The van der Waals surface area contributed by atoms with Gasteiger partial charge >= 0.3 is 12.4 Å². The fourth-order valence-electron chi connectivity index (χ4n) is 5.08. The van der Waals surface area contributed by atoms with Gasteiger partial charge in [0, 0.05) is 37.4 Å². The van der Waals surface area contributed by atoms with Gasteiger partial charge in [0.15, 0.2) is 0 Å². The molecule has 190 valence electrons. The van der Waals surface area contributed by atoms with E-state index < -0.39 is 40.8 Å². The number of fused-ring (bicyclic) bond motifs is 2. The number of halogens is 6. The lowest BCUT2D eigenvalue weighted by atomic mass is 9.81. The van der Waals surface area contributed by atoms with Gasteiger partial charge in [-0.3, -0.25) is 14.5 Å². The molecule has 2 aliphatic rings. The van der Waals surface area contributed by atoms with Gasteiger partial charge in [-0.15, -0.1) is 0 Å². The van der Waals surface area contributed by atoms with Crippen LogP contribution in [0.4, 0.5) is 26.3 Å². The number of Topliss-reactive ketones (excluding diaryl/α,β-unsaturated/α-hetero) is 1. The number of nitrogens with zero attached hydrogens (tertiary/aromatic N) is 3. The lowest BCUT2D eigenvalue weighted by molar-refractivity contribution is -0.138. The minimum atomic E-state index is -4.99. The maximum atomic E-state index is 13.4. The third kappa shape index (κ3) is 4.28. The summed E-state index contributed by atoms with van der Waals surface area (Å²) in [6.07, 6.45) is -8.99. The molecule has 3 heterocycles. The van der Waals surface area contributed by atoms with E-state index in [0.29, 0.717) is 25.1 Å². The Kier molecular flexibility index (Phi) is 6.15. The summed E-state index contributed by atoms with van der Waals surface area (Å²) in [5.41, 5.74) is -1.74. The van der Waals surface area contributed by atoms with Crippen LogP contribution >= 0.6 is 0 Å². The lowest BCUT2D eigenvalue weighted by Crippen LogP contribution is -2.56. The molecule has 1 aromatic heterocycles. The minimum Gasteiger partial charge on any atom is -0.496 e. The summed E-state index contributed by atoms with van der Waals surface area (Å²) in [6, 6.07) is 5.83. The highest BCUT2D eigenvalue weighted by atomic mass is 19.4. The van der Waals surface area contributed by atoms with Crippen LogP contribution in [0.2, 0.25) is 0 Å². The fraction of sp³-hybridized carbons (Fsp3) is 0.478. The molecule has 4 rings (SSSR count). The number of carbonyl (C=O) groups is 2. The topological polar surface area (TPSA) is 54.8 Å². The standard InChI is InChI=1S/C23H23F6N3O3/c1-30-11-12-32-16(19(33)23(27,28)29)4-6-18(32)21(30)7-9-31(10-8-21)20(34)14-3-5-17(35-2)15(13-14)22(24,25)26/h3-6,13H,7-12H2,1-2H3. The highest BCUT2D eigenvalue weighted by molar-refractivity contribution is 5.99. The van der Waals surface area contributed by atoms with Crippen LogP contribution < -0.4 is 4.74 Å². The molecule has 2 aromatic rings. The molecule has 2 aliphatic heterocycles. The minimum absolute atomic E-state index is 0.132. The zero-order valence-corrected chi connectivity index (χ0v) is 19.0. The molecule has 6 nitrogen and oxygen atoms in total. The average Bonchev–Trinajstić information content (AvgIpc) is 3.24. The Balaban J connectivity index is 1.58. The summed E-state index contributed by atoms with van der Waals surface area (Å²) < 4.78 is 85.4. The number of piperidine rings is 1. The molecule has 0 unspecified atom stereocenters. The van der Waals surface area contributed by atoms with Crippen molar-refractivity contribution in [2.75, 3.05) is 33.8 Å².